The maximum absolute atomic E-state index is 12.2. The van der Waals surface area contributed by atoms with E-state index in [1.807, 2.05) is 42.5 Å². The molecule has 0 saturated heterocycles. The van der Waals surface area contributed by atoms with E-state index in [9.17, 15) is 9.59 Å². The number of carbonyl (C=O) groups is 2. The van der Waals surface area contributed by atoms with Gasteiger partial charge in [-0.15, -0.1) is 0 Å². The van der Waals surface area contributed by atoms with Crippen LogP contribution in [0.4, 0.5) is 10.5 Å². The van der Waals surface area contributed by atoms with Gasteiger partial charge in [-0.3, -0.25) is 4.79 Å². The normalized spacial score (nSPS) is 11.5. The van der Waals surface area contributed by atoms with Crippen LogP contribution >= 0.6 is 0 Å². The van der Waals surface area contributed by atoms with Crippen LogP contribution in [0.3, 0.4) is 0 Å². The third-order valence-corrected chi connectivity index (χ3v) is 4.96. The van der Waals surface area contributed by atoms with Crippen molar-refractivity contribution in [2.75, 3.05) is 19.0 Å². The lowest BCUT2D eigenvalue weighted by molar-refractivity contribution is -0.122. The lowest BCUT2D eigenvalue weighted by atomic mass is 10.2. The molecule has 1 atom stereocenters. The Morgan fingerprint density at radius 1 is 1.03 bits per heavy atom. The smallest absolute Gasteiger partial charge is 0.319 e. The molecule has 0 unspecified atom stereocenters. The van der Waals surface area contributed by atoms with Crippen molar-refractivity contribution in [2.45, 2.75) is 38.6 Å². The second-order valence-electron chi connectivity index (χ2n) is 7.53. The fraction of sp³-hybridized carbons (Fsp3) is 0.333. The van der Waals surface area contributed by atoms with Crippen LogP contribution < -0.4 is 20.7 Å². The van der Waals surface area contributed by atoms with E-state index in [-0.39, 0.29) is 5.91 Å². The first kappa shape index (κ1) is 23.8. The van der Waals surface area contributed by atoms with Crippen molar-refractivity contribution in [1.29, 1.82) is 0 Å². The molecule has 0 spiro atoms. The Morgan fingerprint density at radius 2 is 1.79 bits per heavy atom. The summed E-state index contributed by atoms with van der Waals surface area (Å²) < 4.78 is 10.5. The summed E-state index contributed by atoms with van der Waals surface area (Å²) in [5, 5.41) is 12.2. The van der Waals surface area contributed by atoms with Crippen LogP contribution in [0.5, 0.6) is 5.75 Å². The van der Waals surface area contributed by atoms with Crippen molar-refractivity contribution in [3.8, 4) is 17.1 Å². The first-order valence-corrected chi connectivity index (χ1v) is 10.9. The van der Waals surface area contributed by atoms with Gasteiger partial charge in [0, 0.05) is 24.2 Å². The number of rotatable bonds is 11. The van der Waals surface area contributed by atoms with Gasteiger partial charge in [-0.2, -0.15) is 4.98 Å². The fourth-order valence-corrected chi connectivity index (χ4v) is 3.11. The van der Waals surface area contributed by atoms with Gasteiger partial charge in [0.1, 0.15) is 11.8 Å². The lowest BCUT2D eigenvalue weighted by Gasteiger charge is -2.14. The summed E-state index contributed by atoms with van der Waals surface area (Å²) in [4.78, 5) is 28.6. The highest BCUT2D eigenvalue weighted by Crippen LogP contribution is 2.20. The summed E-state index contributed by atoms with van der Waals surface area (Å²) in [5.41, 5.74) is 1.54. The van der Waals surface area contributed by atoms with Gasteiger partial charge in [-0.1, -0.05) is 29.8 Å². The molecule has 3 rings (SSSR count). The molecule has 174 valence electrons. The zero-order chi connectivity index (χ0) is 23.5. The van der Waals surface area contributed by atoms with E-state index in [4.69, 9.17) is 9.26 Å². The van der Waals surface area contributed by atoms with Crippen molar-refractivity contribution in [3.63, 3.8) is 0 Å². The van der Waals surface area contributed by atoms with E-state index in [1.165, 1.54) is 0 Å². The number of ether oxygens (including phenoxy) is 1. The summed E-state index contributed by atoms with van der Waals surface area (Å²) in [5.74, 6) is 1.69. The van der Waals surface area contributed by atoms with Gasteiger partial charge >= 0.3 is 6.03 Å². The highest BCUT2D eigenvalue weighted by atomic mass is 16.5. The highest BCUT2D eigenvalue weighted by Gasteiger charge is 2.15. The molecule has 0 aliphatic rings. The van der Waals surface area contributed by atoms with Gasteiger partial charge in [0.25, 0.3) is 0 Å². The largest absolute Gasteiger partial charge is 0.497 e. The van der Waals surface area contributed by atoms with E-state index in [2.05, 4.69) is 26.1 Å². The molecule has 2 aromatic carbocycles. The predicted molar refractivity (Wildman–Crippen MR) is 125 cm³/mol. The predicted octanol–water partition coefficient (Wildman–Crippen LogP) is 3.78. The second-order valence-corrected chi connectivity index (χ2v) is 7.53. The van der Waals surface area contributed by atoms with E-state index in [0.717, 1.165) is 30.6 Å². The average molecular weight is 452 g/mol. The Morgan fingerprint density at radius 3 is 2.52 bits per heavy atom. The number of amides is 3. The number of anilines is 1. The Hall–Kier alpha value is -3.88. The Balaban J connectivity index is 1.29. The summed E-state index contributed by atoms with van der Waals surface area (Å²) in [6, 6.07) is 15.5. The number of para-hydroxylation sites is 1. The number of aromatic nitrogens is 2. The molecule has 0 aliphatic heterocycles. The molecule has 1 heterocycles. The van der Waals surface area contributed by atoms with Gasteiger partial charge in [-0.25, -0.2) is 4.79 Å². The molecule has 9 nitrogen and oxygen atoms in total. The number of unbranched alkanes of at least 4 members (excludes halogenated alkanes) is 2. The monoisotopic (exact) mass is 451 g/mol. The third kappa shape index (κ3) is 7.64. The Kier molecular flexibility index (Phi) is 8.81. The zero-order valence-electron chi connectivity index (χ0n) is 18.8. The molecule has 0 bridgehead atoms. The minimum Gasteiger partial charge on any atom is -0.497 e. The Bertz CT molecular complexity index is 1020. The van der Waals surface area contributed by atoms with Crippen molar-refractivity contribution in [1.82, 2.24) is 20.8 Å². The quantitative estimate of drug-likeness (QED) is 0.382. The van der Waals surface area contributed by atoms with Crippen molar-refractivity contribution in [2.24, 2.45) is 0 Å². The molecule has 0 saturated carbocycles. The van der Waals surface area contributed by atoms with Gasteiger partial charge in [0.05, 0.1) is 7.11 Å². The van der Waals surface area contributed by atoms with Crippen LogP contribution in [0.1, 0.15) is 32.1 Å². The zero-order valence-corrected chi connectivity index (χ0v) is 18.8. The van der Waals surface area contributed by atoms with Crippen LogP contribution in [0.15, 0.2) is 59.1 Å². The number of nitrogens with zero attached hydrogens (tertiary/aromatic N) is 2. The van der Waals surface area contributed by atoms with Crippen molar-refractivity contribution >= 4 is 17.6 Å². The maximum Gasteiger partial charge on any atom is 0.319 e. The summed E-state index contributed by atoms with van der Waals surface area (Å²) in [7, 11) is 1.62. The first-order valence-electron chi connectivity index (χ1n) is 10.9. The number of aryl methyl sites for hydroxylation is 1. The molecule has 9 heteroatoms. The number of nitrogens with one attached hydrogen (secondary N) is 3. The maximum atomic E-state index is 12.2. The van der Waals surface area contributed by atoms with Gasteiger partial charge in [0.2, 0.25) is 17.6 Å². The SMILES string of the molecule is COc1ccc(-c2noc(CCCCCNC(=O)[C@H](C)NC(=O)Nc3ccccc3)n2)cc1. The standard InChI is InChI=1S/C24H29N5O4/c1-17(26-24(31)27-19-9-5-3-6-10-19)23(30)25-16-8-4-7-11-21-28-22(29-33-21)18-12-14-20(32-2)15-13-18/h3,5-6,9-10,12-15,17H,4,7-8,11,16H2,1-2H3,(H,25,30)(H2,26,27,31)/t17-/m0/s1. The van der Waals surface area contributed by atoms with E-state index < -0.39 is 12.1 Å². The van der Waals surface area contributed by atoms with Crippen molar-refractivity contribution in [3.05, 3.63) is 60.5 Å². The molecule has 33 heavy (non-hydrogen) atoms. The van der Waals surface area contributed by atoms with Gasteiger partial charge in [0.15, 0.2) is 0 Å². The minimum absolute atomic E-state index is 0.223. The topological polar surface area (TPSA) is 118 Å². The Labute approximate surface area is 192 Å². The first-order chi connectivity index (χ1) is 16.0. The number of methoxy groups -OCH3 is 1. The molecule has 0 fully saturated rings. The molecule has 3 N–H and O–H groups in total. The average Bonchev–Trinajstić information content (AvgIpc) is 3.30. The van der Waals surface area contributed by atoms with Gasteiger partial charge in [-0.05, 0) is 56.2 Å². The fourth-order valence-electron chi connectivity index (χ4n) is 3.11. The molecule has 0 aliphatic carbocycles. The van der Waals surface area contributed by atoms with Crippen LogP contribution in [0, 0.1) is 0 Å². The molecular weight excluding hydrogens is 422 g/mol. The summed E-state index contributed by atoms with van der Waals surface area (Å²) >= 11 is 0. The van der Waals surface area contributed by atoms with E-state index in [1.54, 1.807) is 26.2 Å². The molecule has 1 aromatic heterocycles. The summed E-state index contributed by atoms with van der Waals surface area (Å²) in [6.45, 7) is 2.18. The number of hydrogen-bond acceptors (Lipinski definition) is 6. The second kappa shape index (κ2) is 12.2. The number of urea groups is 1. The molecular formula is C24H29N5O4. The molecule has 3 amide bonds. The minimum atomic E-state index is -0.636. The number of carbonyl (C=O) groups excluding carboxylic acids is 2. The van der Waals surface area contributed by atoms with Gasteiger partial charge < -0.3 is 25.2 Å². The van der Waals surface area contributed by atoms with Crippen LogP contribution in [-0.2, 0) is 11.2 Å². The number of benzene rings is 2. The van der Waals surface area contributed by atoms with E-state index in [0.29, 0.717) is 30.4 Å². The van der Waals surface area contributed by atoms with Crippen molar-refractivity contribution < 1.29 is 18.8 Å². The summed E-state index contributed by atoms with van der Waals surface area (Å²) in [6.07, 6.45) is 3.26. The van der Waals surface area contributed by atoms with Crippen LogP contribution in [0.2, 0.25) is 0 Å². The molecule has 3 aromatic rings. The molecule has 0 radical (unpaired) electrons. The van der Waals surface area contributed by atoms with E-state index >= 15 is 0 Å². The highest BCUT2D eigenvalue weighted by molar-refractivity contribution is 5.93. The lowest BCUT2D eigenvalue weighted by Crippen LogP contribution is -2.46. The van der Waals surface area contributed by atoms with Crippen LogP contribution in [0.25, 0.3) is 11.4 Å². The van der Waals surface area contributed by atoms with Crippen LogP contribution in [-0.4, -0.2) is 41.8 Å². The third-order valence-electron chi connectivity index (χ3n) is 4.96. The number of hydrogen-bond donors (Lipinski definition) is 3.